The zero-order valence-electron chi connectivity index (χ0n) is 7.99. The summed E-state index contributed by atoms with van der Waals surface area (Å²) in [4.78, 5) is 4.29. The molecule has 1 heterocycles. The highest BCUT2D eigenvalue weighted by molar-refractivity contribution is 7.09. The van der Waals surface area contributed by atoms with Crippen LogP contribution in [0.5, 0.6) is 0 Å². The third kappa shape index (κ3) is 2.51. The third-order valence-electron chi connectivity index (χ3n) is 2.71. The molecule has 2 nitrogen and oxygen atoms in total. The maximum absolute atomic E-state index is 4.29. The molecule has 1 aromatic rings. The van der Waals surface area contributed by atoms with Crippen LogP contribution in [0.2, 0.25) is 0 Å². The molecule has 72 valence electrons. The van der Waals surface area contributed by atoms with E-state index in [1.807, 2.05) is 6.20 Å². The van der Waals surface area contributed by atoms with E-state index < -0.39 is 0 Å². The number of nitrogens with one attached hydrogen (secondary N) is 1. The van der Waals surface area contributed by atoms with E-state index in [1.54, 1.807) is 11.3 Å². The van der Waals surface area contributed by atoms with Crippen molar-refractivity contribution in [1.29, 1.82) is 0 Å². The van der Waals surface area contributed by atoms with Crippen LogP contribution in [0.15, 0.2) is 11.6 Å². The molecule has 3 heteroatoms. The van der Waals surface area contributed by atoms with Crippen LogP contribution >= 0.6 is 11.3 Å². The lowest BCUT2D eigenvalue weighted by Crippen LogP contribution is -2.27. The second-order valence-electron chi connectivity index (χ2n) is 3.70. The highest BCUT2D eigenvalue weighted by Gasteiger charge is 2.29. The van der Waals surface area contributed by atoms with Gasteiger partial charge in [-0.15, -0.1) is 11.3 Å². The van der Waals surface area contributed by atoms with Gasteiger partial charge in [-0.3, -0.25) is 0 Å². The minimum absolute atomic E-state index is 0.726. The molecule has 0 radical (unpaired) electrons. The minimum Gasteiger partial charge on any atom is -0.317 e. The average molecular weight is 196 g/mol. The van der Waals surface area contributed by atoms with E-state index in [0.717, 1.165) is 18.4 Å². The summed E-state index contributed by atoms with van der Waals surface area (Å²) < 4.78 is 0. The van der Waals surface area contributed by atoms with Gasteiger partial charge in [-0.2, -0.15) is 0 Å². The SMILES string of the molecule is CNC(CCc1nccs1)C1CC1. The number of aromatic nitrogens is 1. The molecule has 1 aromatic heterocycles. The van der Waals surface area contributed by atoms with Crippen molar-refractivity contribution >= 4 is 11.3 Å². The van der Waals surface area contributed by atoms with E-state index in [9.17, 15) is 0 Å². The fraction of sp³-hybridized carbons (Fsp3) is 0.700. The van der Waals surface area contributed by atoms with Gasteiger partial charge in [0, 0.05) is 24.0 Å². The van der Waals surface area contributed by atoms with Crippen LogP contribution in [0, 0.1) is 5.92 Å². The first-order valence-electron chi connectivity index (χ1n) is 4.96. The van der Waals surface area contributed by atoms with Gasteiger partial charge in [0.2, 0.25) is 0 Å². The Morgan fingerprint density at radius 2 is 2.54 bits per heavy atom. The molecule has 0 bridgehead atoms. The smallest absolute Gasteiger partial charge is 0.0925 e. The lowest BCUT2D eigenvalue weighted by Gasteiger charge is -2.13. The lowest BCUT2D eigenvalue weighted by molar-refractivity contribution is 0.470. The summed E-state index contributed by atoms with van der Waals surface area (Å²) in [5.41, 5.74) is 0. The van der Waals surface area contributed by atoms with Crippen molar-refractivity contribution in [2.24, 2.45) is 5.92 Å². The van der Waals surface area contributed by atoms with Crippen LogP contribution in [-0.4, -0.2) is 18.1 Å². The summed E-state index contributed by atoms with van der Waals surface area (Å²) >= 11 is 1.77. The molecule has 13 heavy (non-hydrogen) atoms. The molecule has 1 aliphatic rings. The van der Waals surface area contributed by atoms with E-state index >= 15 is 0 Å². The summed E-state index contributed by atoms with van der Waals surface area (Å²) in [6.07, 6.45) is 7.12. The Bertz CT molecular complexity index is 241. The average Bonchev–Trinajstić information content (AvgIpc) is 2.84. The molecule has 0 amide bonds. The third-order valence-corrected chi connectivity index (χ3v) is 3.55. The monoisotopic (exact) mass is 196 g/mol. The largest absolute Gasteiger partial charge is 0.317 e. The van der Waals surface area contributed by atoms with E-state index in [2.05, 4.69) is 22.7 Å². The van der Waals surface area contributed by atoms with Crippen LogP contribution in [0.25, 0.3) is 0 Å². The summed E-state index contributed by atoms with van der Waals surface area (Å²) in [6.45, 7) is 0. The van der Waals surface area contributed by atoms with Crippen molar-refractivity contribution in [3.8, 4) is 0 Å². The quantitative estimate of drug-likeness (QED) is 0.780. The Hall–Kier alpha value is -0.410. The Morgan fingerprint density at radius 3 is 3.08 bits per heavy atom. The van der Waals surface area contributed by atoms with E-state index in [0.29, 0.717) is 0 Å². The standard InChI is InChI=1S/C10H16N2S/c1-11-9(8-2-3-8)4-5-10-12-6-7-13-10/h6-9,11H,2-5H2,1H3. The van der Waals surface area contributed by atoms with Gasteiger partial charge in [0.05, 0.1) is 5.01 Å². The Balaban J connectivity index is 1.77. The van der Waals surface area contributed by atoms with Crippen LogP contribution in [0.1, 0.15) is 24.3 Å². The molecule has 1 N–H and O–H groups in total. The molecule has 1 fully saturated rings. The first-order chi connectivity index (χ1) is 6.40. The molecular weight excluding hydrogens is 180 g/mol. The predicted octanol–water partition coefficient (Wildman–Crippen LogP) is 2.07. The zero-order valence-corrected chi connectivity index (χ0v) is 8.81. The van der Waals surface area contributed by atoms with Crippen molar-refractivity contribution in [2.75, 3.05) is 7.05 Å². The lowest BCUT2D eigenvalue weighted by atomic mass is 10.1. The van der Waals surface area contributed by atoms with Gasteiger partial charge in [0.25, 0.3) is 0 Å². The van der Waals surface area contributed by atoms with Crippen molar-refractivity contribution in [1.82, 2.24) is 10.3 Å². The minimum atomic E-state index is 0.726. The van der Waals surface area contributed by atoms with Gasteiger partial charge in [-0.05, 0) is 32.2 Å². The molecular formula is C10H16N2S. The number of hydrogen-bond donors (Lipinski definition) is 1. The number of hydrogen-bond acceptors (Lipinski definition) is 3. The van der Waals surface area contributed by atoms with E-state index in [-0.39, 0.29) is 0 Å². The first kappa shape index (κ1) is 9.16. The molecule has 0 saturated heterocycles. The molecule has 0 aromatic carbocycles. The van der Waals surface area contributed by atoms with Crippen LogP contribution in [-0.2, 0) is 6.42 Å². The van der Waals surface area contributed by atoms with E-state index in [1.165, 1.54) is 24.3 Å². The normalized spacial score (nSPS) is 18.8. The second-order valence-corrected chi connectivity index (χ2v) is 4.68. The fourth-order valence-electron chi connectivity index (χ4n) is 1.77. The van der Waals surface area contributed by atoms with E-state index in [4.69, 9.17) is 0 Å². The maximum atomic E-state index is 4.29. The number of thiazole rings is 1. The number of nitrogens with zero attached hydrogens (tertiary/aromatic N) is 1. The summed E-state index contributed by atoms with van der Waals surface area (Å²) in [7, 11) is 2.07. The van der Waals surface area contributed by atoms with Gasteiger partial charge in [-0.1, -0.05) is 0 Å². The van der Waals surface area contributed by atoms with Gasteiger partial charge in [0.1, 0.15) is 0 Å². The highest BCUT2D eigenvalue weighted by Crippen LogP contribution is 2.34. The van der Waals surface area contributed by atoms with Crippen molar-refractivity contribution in [3.05, 3.63) is 16.6 Å². The summed E-state index contributed by atoms with van der Waals surface area (Å²) in [5.74, 6) is 0.949. The molecule has 1 saturated carbocycles. The van der Waals surface area contributed by atoms with Gasteiger partial charge in [0.15, 0.2) is 0 Å². The van der Waals surface area contributed by atoms with Crippen molar-refractivity contribution in [3.63, 3.8) is 0 Å². The number of aryl methyl sites for hydroxylation is 1. The first-order valence-corrected chi connectivity index (χ1v) is 5.83. The predicted molar refractivity (Wildman–Crippen MR) is 56.0 cm³/mol. The highest BCUT2D eigenvalue weighted by atomic mass is 32.1. The topological polar surface area (TPSA) is 24.9 Å². The Morgan fingerprint density at radius 1 is 1.69 bits per heavy atom. The Labute approximate surface area is 83.4 Å². The second kappa shape index (κ2) is 4.20. The van der Waals surface area contributed by atoms with Crippen LogP contribution in [0.4, 0.5) is 0 Å². The van der Waals surface area contributed by atoms with Crippen LogP contribution in [0.3, 0.4) is 0 Å². The molecule has 1 unspecified atom stereocenters. The van der Waals surface area contributed by atoms with Gasteiger partial charge in [-0.25, -0.2) is 4.98 Å². The summed E-state index contributed by atoms with van der Waals surface area (Å²) in [6, 6.07) is 0.726. The van der Waals surface area contributed by atoms with Gasteiger partial charge >= 0.3 is 0 Å². The van der Waals surface area contributed by atoms with Crippen LogP contribution < -0.4 is 5.32 Å². The number of rotatable bonds is 5. The molecule has 2 rings (SSSR count). The fourth-order valence-corrected chi connectivity index (χ4v) is 2.41. The summed E-state index contributed by atoms with van der Waals surface area (Å²) in [5, 5.41) is 6.74. The van der Waals surface area contributed by atoms with Crippen molar-refractivity contribution < 1.29 is 0 Å². The zero-order chi connectivity index (χ0) is 9.10. The molecule has 0 aliphatic heterocycles. The Kier molecular flexibility index (Phi) is 2.96. The van der Waals surface area contributed by atoms with Gasteiger partial charge < -0.3 is 5.32 Å². The molecule has 1 atom stereocenters. The van der Waals surface area contributed by atoms with Crippen molar-refractivity contribution in [2.45, 2.75) is 31.7 Å². The molecule has 0 spiro atoms. The molecule has 1 aliphatic carbocycles. The maximum Gasteiger partial charge on any atom is 0.0925 e.